The van der Waals surface area contributed by atoms with Crippen molar-refractivity contribution in [3.8, 4) is 5.75 Å². The summed E-state index contributed by atoms with van der Waals surface area (Å²) in [6.45, 7) is 2.09. The van der Waals surface area contributed by atoms with Gasteiger partial charge in [0.15, 0.2) is 0 Å². The second-order valence-electron chi connectivity index (χ2n) is 7.25. The van der Waals surface area contributed by atoms with Gasteiger partial charge < -0.3 is 14.4 Å². The fourth-order valence-electron chi connectivity index (χ4n) is 3.24. The first-order valence-corrected chi connectivity index (χ1v) is 11.7. The number of morpholine rings is 1. The van der Waals surface area contributed by atoms with E-state index in [1.807, 2.05) is 48.5 Å². The number of nitrogens with zero attached hydrogens (tertiary/aromatic N) is 2. The molecule has 9 heteroatoms. The van der Waals surface area contributed by atoms with Gasteiger partial charge in [0, 0.05) is 17.6 Å². The van der Waals surface area contributed by atoms with Crippen LogP contribution in [0.3, 0.4) is 0 Å². The van der Waals surface area contributed by atoms with Gasteiger partial charge in [0.2, 0.25) is 5.91 Å². The van der Waals surface area contributed by atoms with Crippen LogP contribution >= 0.6 is 27.7 Å². The Morgan fingerprint density at radius 3 is 2.44 bits per heavy atom. The van der Waals surface area contributed by atoms with Crippen molar-refractivity contribution in [3.05, 3.63) is 69.0 Å². The summed E-state index contributed by atoms with van der Waals surface area (Å²) in [5.41, 5.74) is 1.82. The maximum atomic E-state index is 12.7. The lowest BCUT2D eigenvalue weighted by atomic mass is 10.2. The van der Waals surface area contributed by atoms with Crippen molar-refractivity contribution in [1.82, 2.24) is 9.80 Å². The third-order valence-corrected chi connectivity index (χ3v) is 6.46. The molecule has 2 aliphatic heterocycles. The van der Waals surface area contributed by atoms with E-state index in [1.165, 1.54) is 0 Å². The van der Waals surface area contributed by atoms with Crippen LogP contribution in [-0.2, 0) is 20.9 Å². The molecule has 2 fully saturated rings. The number of rotatable bonds is 6. The monoisotopic (exact) mass is 516 g/mol. The first-order chi connectivity index (χ1) is 15.5. The molecule has 32 heavy (non-hydrogen) atoms. The number of thioether (sulfide) groups is 1. The van der Waals surface area contributed by atoms with Crippen LogP contribution in [0.5, 0.6) is 5.75 Å². The highest BCUT2D eigenvalue weighted by molar-refractivity contribution is 9.10. The van der Waals surface area contributed by atoms with Gasteiger partial charge in [-0.05, 0) is 53.2 Å². The Morgan fingerprint density at radius 2 is 1.75 bits per heavy atom. The van der Waals surface area contributed by atoms with E-state index in [0.29, 0.717) is 43.6 Å². The molecule has 0 spiro atoms. The Balaban J connectivity index is 1.35. The summed E-state index contributed by atoms with van der Waals surface area (Å²) in [6, 6.07) is 15.2. The summed E-state index contributed by atoms with van der Waals surface area (Å²) in [6.07, 6.45) is 1.66. The first kappa shape index (κ1) is 22.6. The van der Waals surface area contributed by atoms with Crippen molar-refractivity contribution in [2.75, 3.05) is 32.8 Å². The first-order valence-electron chi connectivity index (χ1n) is 10.1. The van der Waals surface area contributed by atoms with Gasteiger partial charge in [-0.2, -0.15) is 0 Å². The number of amides is 3. The summed E-state index contributed by atoms with van der Waals surface area (Å²) in [5, 5.41) is -0.433. The molecule has 7 nitrogen and oxygen atoms in total. The van der Waals surface area contributed by atoms with Crippen LogP contribution in [0, 0.1) is 0 Å². The lowest BCUT2D eigenvalue weighted by molar-refractivity contribution is -0.139. The van der Waals surface area contributed by atoms with Crippen LogP contribution in [-0.4, -0.2) is 59.7 Å². The van der Waals surface area contributed by atoms with Gasteiger partial charge in [0.05, 0.1) is 18.1 Å². The van der Waals surface area contributed by atoms with Gasteiger partial charge in [0.1, 0.15) is 18.9 Å². The second kappa shape index (κ2) is 10.3. The number of hydrogen-bond acceptors (Lipinski definition) is 6. The summed E-state index contributed by atoms with van der Waals surface area (Å²) < 4.78 is 12.0. The minimum absolute atomic E-state index is 0.245. The predicted octanol–water partition coefficient (Wildman–Crippen LogP) is 3.92. The van der Waals surface area contributed by atoms with E-state index in [9.17, 15) is 14.4 Å². The van der Waals surface area contributed by atoms with Crippen molar-refractivity contribution >= 4 is 50.8 Å². The van der Waals surface area contributed by atoms with Gasteiger partial charge >= 0.3 is 0 Å². The zero-order chi connectivity index (χ0) is 22.5. The average Bonchev–Trinajstić information content (AvgIpc) is 3.07. The number of benzene rings is 2. The van der Waals surface area contributed by atoms with E-state index in [2.05, 4.69) is 15.9 Å². The maximum Gasteiger partial charge on any atom is 0.294 e. The van der Waals surface area contributed by atoms with Crippen LogP contribution in [0.4, 0.5) is 4.79 Å². The molecule has 3 amide bonds. The molecule has 2 aromatic carbocycles. The second-order valence-corrected chi connectivity index (χ2v) is 9.15. The number of halogens is 1. The third-order valence-electron chi connectivity index (χ3n) is 5.03. The largest absolute Gasteiger partial charge is 0.489 e. The topological polar surface area (TPSA) is 76.2 Å². The smallest absolute Gasteiger partial charge is 0.294 e. The van der Waals surface area contributed by atoms with Gasteiger partial charge in [-0.15, -0.1) is 0 Å². The normalized spacial score (nSPS) is 17.8. The van der Waals surface area contributed by atoms with E-state index in [-0.39, 0.29) is 12.5 Å². The van der Waals surface area contributed by atoms with E-state index >= 15 is 0 Å². The molecule has 2 heterocycles. The van der Waals surface area contributed by atoms with Crippen molar-refractivity contribution in [1.29, 1.82) is 0 Å². The Hall–Kier alpha value is -2.62. The number of carbonyl (C=O) groups excluding carboxylic acids is 3. The lowest BCUT2D eigenvalue weighted by Gasteiger charge is -2.28. The predicted molar refractivity (Wildman–Crippen MR) is 125 cm³/mol. The Labute approximate surface area is 198 Å². The molecular formula is C23H21BrN2O5S. The van der Waals surface area contributed by atoms with Crippen LogP contribution in [0.15, 0.2) is 57.9 Å². The SMILES string of the molecule is O=C(CN1C(=O)S/C(=C\c2ccc(OCc3ccc(Br)cc3)cc2)C1=O)N1CCOCC1. The Bertz CT molecular complexity index is 1030. The fraction of sp³-hybridized carbons (Fsp3) is 0.261. The van der Waals surface area contributed by atoms with E-state index < -0.39 is 11.1 Å². The molecule has 0 unspecified atom stereocenters. The fourth-order valence-corrected chi connectivity index (χ4v) is 4.35. The van der Waals surface area contributed by atoms with Crippen molar-refractivity contribution < 1.29 is 23.9 Å². The average molecular weight is 517 g/mol. The summed E-state index contributed by atoms with van der Waals surface area (Å²) in [5.74, 6) is 0.00980. The molecule has 2 aliphatic rings. The van der Waals surface area contributed by atoms with Crippen molar-refractivity contribution in [3.63, 3.8) is 0 Å². The quantitative estimate of drug-likeness (QED) is 0.541. The minimum atomic E-state index is -0.447. The number of hydrogen-bond donors (Lipinski definition) is 0. The number of ether oxygens (including phenoxy) is 2. The standard InChI is InChI=1S/C23H21BrN2O5S/c24-18-5-1-17(2-6-18)15-31-19-7-3-16(4-8-19)13-20-22(28)26(23(29)32-20)14-21(27)25-9-11-30-12-10-25/h1-8,13H,9-12,14-15H2/b20-13-. The highest BCUT2D eigenvalue weighted by Crippen LogP contribution is 2.32. The highest BCUT2D eigenvalue weighted by atomic mass is 79.9. The van der Waals surface area contributed by atoms with Crippen LogP contribution in [0.1, 0.15) is 11.1 Å². The molecule has 166 valence electrons. The minimum Gasteiger partial charge on any atom is -0.489 e. The van der Waals surface area contributed by atoms with Gasteiger partial charge in [0.25, 0.3) is 11.1 Å². The Kier molecular flexibility index (Phi) is 7.29. The number of imide groups is 1. The molecule has 0 bridgehead atoms. The molecule has 4 rings (SSSR count). The molecule has 0 aliphatic carbocycles. The van der Waals surface area contributed by atoms with Crippen LogP contribution in [0.2, 0.25) is 0 Å². The van der Waals surface area contributed by atoms with Crippen LogP contribution in [0.25, 0.3) is 6.08 Å². The molecule has 0 radical (unpaired) electrons. The van der Waals surface area contributed by atoms with Crippen LogP contribution < -0.4 is 4.74 Å². The van der Waals surface area contributed by atoms with Crippen molar-refractivity contribution in [2.24, 2.45) is 0 Å². The molecular weight excluding hydrogens is 496 g/mol. The molecule has 0 aromatic heterocycles. The lowest BCUT2D eigenvalue weighted by Crippen LogP contribution is -2.46. The van der Waals surface area contributed by atoms with Gasteiger partial charge in [-0.3, -0.25) is 19.3 Å². The molecule has 0 saturated carbocycles. The molecule has 0 atom stereocenters. The maximum absolute atomic E-state index is 12.7. The van der Waals surface area contributed by atoms with E-state index in [4.69, 9.17) is 9.47 Å². The highest BCUT2D eigenvalue weighted by Gasteiger charge is 2.37. The van der Waals surface area contributed by atoms with E-state index in [0.717, 1.165) is 32.3 Å². The van der Waals surface area contributed by atoms with Crippen molar-refractivity contribution in [2.45, 2.75) is 6.61 Å². The molecule has 0 N–H and O–H groups in total. The zero-order valence-electron chi connectivity index (χ0n) is 17.2. The van der Waals surface area contributed by atoms with Gasteiger partial charge in [-0.25, -0.2) is 0 Å². The summed E-state index contributed by atoms with van der Waals surface area (Å²) in [7, 11) is 0. The van der Waals surface area contributed by atoms with E-state index in [1.54, 1.807) is 11.0 Å². The third kappa shape index (κ3) is 5.59. The summed E-state index contributed by atoms with van der Waals surface area (Å²) in [4.78, 5) is 40.3. The summed E-state index contributed by atoms with van der Waals surface area (Å²) >= 11 is 4.25. The zero-order valence-corrected chi connectivity index (χ0v) is 19.6. The molecule has 2 saturated heterocycles. The van der Waals surface area contributed by atoms with Gasteiger partial charge in [-0.1, -0.05) is 40.2 Å². The Morgan fingerprint density at radius 1 is 1.06 bits per heavy atom. The molecule has 2 aromatic rings. The number of carbonyl (C=O) groups is 3.